The number of rotatable bonds is 3. The summed E-state index contributed by atoms with van der Waals surface area (Å²) in [6.45, 7) is 0.127. The van der Waals surface area contributed by atoms with Crippen LogP contribution in [0, 0.1) is 5.82 Å². The zero-order valence-corrected chi connectivity index (χ0v) is 10.3. The Morgan fingerprint density at radius 2 is 2.35 bits per heavy atom. The van der Waals surface area contributed by atoms with Crippen LogP contribution in [0.15, 0.2) is 41.1 Å². The Bertz CT molecular complexity index is 528. The Kier molecular flexibility index (Phi) is 3.53. The quantitative estimate of drug-likeness (QED) is 0.946. The van der Waals surface area contributed by atoms with Gasteiger partial charge >= 0.3 is 0 Å². The van der Waals surface area contributed by atoms with E-state index in [0.717, 1.165) is 0 Å². The van der Waals surface area contributed by atoms with Crippen molar-refractivity contribution in [1.82, 2.24) is 9.78 Å². The summed E-state index contributed by atoms with van der Waals surface area (Å²) in [5, 5.41) is 6.57. The van der Waals surface area contributed by atoms with Crippen LogP contribution in [0.4, 0.5) is 10.1 Å². The van der Waals surface area contributed by atoms with E-state index in [-0.39, 0.29) is 18.3 Å². The molecule has 1 heterocycles. The van der Waals surface area contributed by atoms with Crippen LogP contribution >= 0.6 is 15.9 Å². The van der Waals surface area contributed by atoms with Crippen LogP contribution in [0.2, 0.25) is 0 Å². The van der Waals surface area contributed by atoms with Crippen LogP contribution in [0.3, 0.4) is 0 Å². The molecule has 0 aliphatic heterocycles. The number of carbonyl (C=O) groups excluding carboxylic acids is 1. The van der Waals surface area contributed by atoms with Gasteiger partial charge in [-0.1, -0.05) is 0 Å². The molecule has 1 amide bonds. The number of nitrogens with zero attached hydrogens (tertiary/aromatic N) is 2. The molecule has 0 saturated carbocycles. The minimum Gasteiger partial charge on any atom is -0.324 e. The number of nitrogens with one attached hydrogen (secondary N) is 1. The zero-order valence-electron chi connectivity index (χ0n) is 8.73. The van der Waals surface area contributed by atoms with Gasteiger partial charge in [0.1, 0.15) is 12.4 Å². The number of aromatic nitrogens is 2. The lowest BCUT2D eigenvalue weighted by atomic mass is 10.3. The first-order chi connectivity index (χ1) is 8.15. The largest absolute Gasteiger partial charge is 0.324 e. The van der Waals surface area contributed by atoms with E-state index in [4.69, 9.17) is 0 Å². The number of hydrogen-bond acceptors (Lipinski definition) is 2. The fourth-order valence-electron chi connectivity index (χ4n) is 1.32. The van der Waals surface area contributed by atoms with Crippen LogP contribution in [0.5, 0.6) is 0 Å². The molecule has 0 bridgehead atoms. The van der Waals surface area contributed by atoms with Gasteiger partial charge in [-0.15, -0.1) is 0 Å². The molecule has 2 rings (SSSR count). The predicted molar refractivity (Wildman–Crippen MR) is 65.0 cm³/mol. The van der Waals surface area contributed by atoms with E-state index < -0.39 is 0 Å². The van der Waals surface area contributed by atoms with E-state index in [1.165, 1.54) is 22.9 Å². The zero-order chi connectivity index (χ0) is 12.3. The summed E-state index contributed by atoms with van der Waals surface area (Å²) in [4.78, 5) is 11.6. The lowest BCUT2D eigenvalue weighted by Gasteiger charge is -2.06. The molecule has 1 N–H and O–H groups in total. The minimum absolute atomic E-state index is 0.127. The number of halogens is 2. The first-order valence-electron chi connectivity index (χ1n) is 4.87. The normalized spacial score (nSPS) is 10.2. The van der Waals surface area contributed by atoms with Gasteiger partial charge in [0.05, 0.1) is 4.47 Å². The molecule has 17 heavy (non-hydrogen) atoms. The second kappa shape index (κ2) is 5.09. The fraction of sp³-hybridized carbons (Fsp3) is 0.0909. The van der Waals surface area contributed by atoms with Gasteiger partial charge in [0.2, 0.25) is 5.91 Å². The number of anilines is 1. The van der Waals surface area contributed by atoms with Crippen molar-refractivity contribution in [3.05, 3.63) is 46.9 Å². The molecule has 1 aromatic carbocycles. The SMILES string of the molecule is O=C(Cn1cccn1)Nc1ccc(F)c(Br)c1. The molecule has 1 aromatic heterocycles. The van der Waals surface area contributed by atoms with E-state index in [2.05, 4.69) is 26.3 Å². The number of amides is 1. The molecule has 0 spiro atoms. The fourth-order valence-corrected chi connectivity index (χ4v) is 1.69. The monoisotopic (exact) mass is 297 g/mol. The van der Waals surface area contributed by atoms with Gasteiger partial charge in [0.15, 0.2) is 0 Å². The van der Waals surface area contributed by atoms with E-state index in [1.54, 1.807) is 18.5 Å². The van der Waals surface area contributed by atoms with Gasteiger partial charge in [-0.2, -0.15) is 5.10 Å². The molecule has 0 radical (unpaired) electrons. The van der Waals surface area contributed by atoms with Gasteiger partial charge in [0.25, 0.3) is 0 Å². The van der Waals surface area contributed by atoms with Gasteiger partial charge in [0, 0.05) is 18.1 Å². The highest BCUT2D eigenvalue weighted by Gasteiger charge is 2.05. The second-order valence-electron chi connectivity index (χ2n) is 3.38. The van der Waals surface area contributed by atoms with Crippen LogP contribution < -0.4 is 5.32 Å². The molecular weight excluding hydrogens is 289 g/mol. The molecule has 0 unspecified atom stereocenters. The number of benzene rings is 1. The summed E-state index contributed by atoms with van der Waals surface area (Å²) in [7, 11) is 0. The van der Waals surface area contributed by atoms with Crippen molar-refractivity contribution in [3.8, 4) is 0 Å². The third-order valence-corrected chi connectivity index (χ3v) is 2.68. The highest BCUT2D eigenvalue weighted by atomic mass is 79.9. The lowest BCUT2D eigenvalue weighted by molar-refractivity contribution is -0.116. The summed E-state index contributed by atoms with van der Waals surface area (Å²) >= 11 is 3.05. The van der Waals surface area contributed by atoms with Crippen molar-refractivity contribution >= 4 is 27.5 Å². The van der Waals surface area contributed by atoms with E-state index >= 15 is 0 Å². The molecule has 4 nitrogen and oxygen atoms in total. The van der Waals surface area contributed by atoms with Crippen LogP contribution in [-0.2, 0) is 11.3 Å². The van der Waals surface area contributed by atoms with Crippen molar-refractivity contribution in [2.24, 2.45) is 0 Å². The third kappa shape index (κ3) is 3.13. The molecule has 0 fully saturated rings. The Morgan fingerprint density at radius 3 is 3.00 bits per heavy atom. The van der Waals surface area contributed by atoms with Crippen LogP contribution in [0.1, 0.15) is 0 Å². The Labute approximate surface area is 106 Å². The molecular formula is C11H9BrFN3O. The maximum atomic E-state index is 13.0. The minimum atomic E-state index is -0.366. The van der Waals surface area contributed by atoms with Gasteiger partial charge in [-0.3, -0.25) is 9.48 Å². The first-order valence-corrected chi connectivity index (χ1v) is 5.67. The van der Waals surface area contributed by atoms with Gasteiger partial charge < -0.3 is 5.32 Å². The van der Waals surface area contributed by atoms with Crippen LogP contribution in [0.25, 0.3) is 0 Å². The van der Waals surface area contributed by atoms with Crippen molar-refractivity contribution < 1.29 is 9.18 Å². The summed E-state index contributed by atoms with van der Waals surface area (Å²) in [6.07, 6.45) is 3.29. The van der Waals surface area contributed by atoms with Crippen molar-refractivity contribution in [2.45, 2.75) is 6.54 Å². The topological polar surface area (TPSA) is 46.9 Å². The Morgan fingerprint density at radius 1 is 1.53 bits per heavy atom. The maximum Gasteiger partial charge on any atom is 0.246 e. The molecule has 88 valence electrons. The second-order valence-corrected chi connectivity index (χ2v) is 4.24. The van der Waals surface area contributed by atoms with E-state index in [9.17, 15) is 9.18 Å². The summed E-state index contributed by atoms with van der Waals surface area (Å²) in [5.41, 5.74) is 0.537. The molecule has 0 saturated heterocycles. The lowest BCUT2D eigenvalue weighted by Crippen LogP contribution is -2.18. The maximum absolute atomic E-state index is 13.0. The van der Waals surface area contributed by atoms with Crippen molar-refractivity contribution in [3.63, 3.8) is 0 Å². The summed E-state index contributed by atoms with van der Waals surface area (Å²) in [5.74, 6) is -0.581. The molecule has 0 aliphatic carbocycles. The highest BCUT2D eigenvalue weighted by molar-refractivity contribution is 9.10. The number of hydrogen-bond donors (Lipinski definition) is 1. The summed E-state index contributed by atoms with van der Waals surface area (Å²) in [6, 6.07) is 6.03. The number of carbonyl (C=O) groups is 1. The van der Waals surface area contributed by atoms with E-state index in [0.29, 0.717) is 10.2 Å². The Balaban J connectivity index is 2.00. The van der Waals surface area contributed by atoms with Gasteiger partial charge in [-0.25, -0.2) is 4.39 Å². The summed E-state index contributed by atoms with van der Waals surface area (Å²) < 4.78 is 14.8. The smallest absolute Gasteiger partial charge is 0.246 e. The van der Waals surface area contributed by atoms with Gasteiger partial charge in [-0.05, 0) is 40.2 Å². The molecule has 2 aromatic rings. The Hall–Kier alpha value is -1.69. The van der Waals surface area contributed by atoms with Crippen molar-refractivity contribution in [2.75, 3.05) is 5.32 Å². The molecule has 0 aliphatic rings. The average molecular weight is 298 g/mol. The average Bonchev–Trinajstić information content (AvgIpc) is 2.76. The van der Waals surface area contributed by atoms with Crippen molar-refractivity contribution in [1.29, 1.82) is 0 Å². The molecule has 0 atom stereocenters. The van der Waals surface area contributed by atoms with Crippen LogP contribution in [-0.4, -0.2) is 15.7 Å². The predicted octanol–water partition coefficient (Wildman–Crippen LogP) is 2.42. The standard InChI is InChI=1S/C11H9BrFN3O/c12-9-6-8(2-3-10(9)13)15-11(17)7-16-5-1-4-14-16/h1-6H,7H2,(H,15,17). The third-order valence-electron chi connectivity index (χ3n) is 2.07. The van der Waals surface area contributed by atoms with E-state index in [1.807, 2.05) is 0 Å². The molecule has 6 heteroatoms. The highest BCUT2D eigenvalue weighted by Crippen LogP contribution is 2.19. The first kappa shape index (κ1) is 11.8.